The molecule has 4 rings (SSSR count). The Morgan fingerprint density at radius 3 is 2.53 bits per heavy atom. The van der Waals surface area contributed by atoms with E-state index in [2.05, 4.69) is 24.3 Å². The second-order valence-electron chi connectivity index (χ2n) is 7.42. The van der Waals surface area contributed by atoms with Gasteiger partial charge in [-0.2, -0.15) is 0 Å². The molecule has 0 atom stereocenters. The maximum Gasteiger partial charge on any atom is 0.343 e. The summed E-state index contributed by atoms with van der Waals surface area (Å²) in [6, 6.07) is 17.8. The minimum absolute atomic E-state index is 0.0683. The second kappa shape index (κ2) is 8.49. The molecule has 0 aliphatic carbocycles. The number of benzene rings is 2. The van der Waals surface area contributed by atoms with Crippen molar-refractivity contribution in [2.24, 2.45) is 0 Å². The zero-order valence-corrected chi connectivity index (χ0v) is 17.1. The van der Waals surface area contributed by atoms with Crippen LogP contribution in [0.2, 0.25) is 0 Å². The Labute approximate surface area is 174 Å². The van der Waals surface area contributed by atoms with Crippen LogP contribution in [-0.4, -0.2) is 11.7 Å². The summed E-state index contributed by atoms with van der Waals surface area (Å²) in [6.45, 7) is 3.85. The second-order valence-corrected chi connectivity index (χ2v) is 7.42. The summed E-state index contributed by atoms with van der Waals surface area (Å²) in [4.78, 5) is 11.9. The fourth-order valence-corrected chi connectivity index (χ4v) is 3.45. The molecule has 0 amide bonds. The number of aryl methyl sites for hydroxylation is 1. The van der Waals surface area contributed by atoms with Crippen LogP contribution in [-0.2, 0) is 6.42 Å². The summed E-state index contributed by atoms with van der Waals surface area (Å²) in [5, 5.41) is 11.0. The molecule has 0 bridgehead atoms. The first-order valence-corrected chi connectivity index (χ1v) is 10.1. The van der Waals surface area contributed by atoms with Crippen molar-refractivity contribution in [1.82, 2.24) is 0 Å². The van der Waals surface area contributed by atoms with Gasteiger partial charge in [-0.1, -0.05) is 30.3 Å². The van der Waals surface area contributed by atoms with Crippen molar-refractivity contribution in [2.75, 3.05) is 6.61 Å². The molecule has 5 heteroatoms. The molecule has 2 heterocycles. The summed E-state index contributed by atoms with van der Waals surface area (Å²) in [5.74, 6) is 1.30. The van der Waals surface area contributed by atoms with Gasteiger partial charge in [0, 0.05) is 17.0 Å². The summed E-state index contributed by atoms with van der Waals surface area (Å²) < 4.78 is 17.1. The van der Waals surface area contributed by atoms with Gasteiger partial charge in [0.2, 0.25) is 0 Å². The molecule has 0 aliphatic rings. The summed E-state index contributed by atoms with van der Waals surface area (Å²) >= 11 is 0. The predicted molar refractivity (Wildman–Crippen MR) is 116 cm³/mol. The number of aromatic hydroxyl groups is 1. The van der Waals surface area contributed by atoms with Crippen molar-refractivity contribution in [3.05, 3.63) is 81.7 Å². The molecule has 5 nitrogen and oxygen atoms in total. The first-order chi connectivity index (χ1) is 14.5. The van der Waals surface area contributed by atoms with Gasteiger partial charge in [0.1, 0.15) is 17.1 Å². The van der Waals surface area contributed by atoms with Crippen molar-refractivity contribution < 1.29 is 18.7 Å². The monoisotopic (exact) mass is 404 g/mol. The molecule has 0 radical (unpaired) electrons. The van der Waals surface area contributed by atoms with Crippen molar-refractivity contribution in [2.45, 2.75) is 33.1 Å². The highest BCUT2D eigenvalue weighted by Crippen LogP contribution is 2.34. The van der Waals surface area contributed by atoms with Crippen LogP contribution in [0.25, 0.3) is 22.5 Å². The maximum atomic E-state index is 11.9. The molecule has 0 fully saturated rings. The number of unbranched alkanes of at least 4 members (excludes halogenated alkanes) is 1. The highest BCUT2D eigenvalue weighted by molar-refractivity contribution is 5.83. The molecule has 2 aromatic carbocycles. The van der Waals surface area contributed by atoms with E-state index in [1.165, 1.54) is 12.5 Å². The molecule has 30 heavy (non-hydrogen) atoms. The van der Waals surface area contributed by atoms with Crippen LogP contribution < -0.4 is 10.4 Å². The first kappa shape index (κ1) is 19.8. The third-order valence-electron chi connectivity index (χ3n) is 5.24. The first-order valence-electron chi connectivity index (χ1n) is 10.1. The van der Waals surface area contributed by atoms with Gasteiger partial charge < -0.3 is 18.7 Å². The van der Waals surface area contributed by atoms with Crippen LogP contribution >= 0.6 is 0 Å². The average molecular weight is 404 g/mol. The van der Waals surface area contributed by atoms with Crippen LogP contribution in [0.1, 0.15) is 29.5 Å². The van der Waals surface area contributed by atoms with Crippen LogP contribution in [0, 0.1) is 13.8 Å². The normalized spacial score (nSPS) is 11.1. The van der Waals surface area contributed by atoms with Gasteiger partial charge in [0.05, 0.1) is 12.2 Å². The van der Waals surface area contributed by atoms with E-state index in [9.17, 15) is 9.90 Å². The number of ether oxygens (including phenoxy) is 1. The molecular formula is C25H24O5. The summed E-state index contributed by atoms with van der Waals surface area (Å²) in [7, 11) is 0. The van der Waals surface area contributed by atoms with E-state index in [0.717, 1.165) is 30.4 Å². The lowest BCUT2D eigenvalue weighted by Gasteiger charge is -2.06. The highest BCUT2D eigenvalue weighted by Gasteiger charge is 2.18. The predicted octanol–water partition coefficient (Wildman–Crippen LogP) is 5.78. The lowest BCUT2D eigenvalue weighted by atomic mass is 10.1. The lowest BCUT2D eigenvalue weighted by Crippen LogP contribution is -2.05. The van der Waals surface area contributed by atoms with Crippen molar-refractivity contribution in [3.8, 4) is 23.0 Å². The van der Waals surface area contributed by atoms with Crippen LogP contribution in [0.15, 0.2) is 68.2 Å². The molecule has 0 saturated carbocycles. The Balaban J connectivity index is 1.44. The Morgan fingerprint density at radius 2 is 1.73 bits per heavy atom. The Kier molecular flexibility index (Phi) is 5.61. The van der Waals surface area contributed by atoms with Crippen LogP contribution in [0.5, 0.6) is 11.5 Å². The minimum atomic E-state index is -0.576. The number of furan rings is 1. The van der Waals surface area contributed by atoms with E-state index in [0.29, 0.717) is 23.5 Å². The molecule has 2 aromatic heterocycles. The molecule has 0 saturated heterocycles. The van der Waals surface area contributed by atoms with Crippen molar-refractivity contribution in [1.29, 1.82) is 0 Å². The van der Waals surface area contributed by atoms with E-state index in [1.807, 2.05) is 24.3 Å². The molecular weight excluding hydrogens is 380 g/mol. The fourth-order valence-electron chi connectivity index (χ4n) is 3.45. The molecule has 154 valence electrons. The summed E-state index contributed by atoms with van der Waals surface area (Å²) in [6.07, 6.45) is 3.06. The number of fused-ring (bicyclic) bond motifs is 1. The van der Waals surface area contributed by atoms with Gasteiger partial charge >= 0.3 is 5.63 Å². The summed E-state index contributed by atoms with van der Waals surface area (Å²) in [5.41, 5.74) is 2.06. The van der Waals surface area contributed by atoms with Gasteiger partial charge in [-0.15, -0.1) is 0 Å². The minimum Gasteiger partial charge on any atom is -0.507 e. The van der Waals surface area contributed by atoms with Crippen molar-refractivity contribution >= 4 is 11.0 Å². The molecule has 4 aromatic rings. The van der Waals surface area contributed by atoms with Crippen molar-refractivity contribution in [3.63, 3.8) is 0 Å². The standard InChI is InChI=1S/C25H24O5/c1-16-23(26)17(2)25(27)30-24(16)22-14-19-11-12-20(15-21(19)29-22)28-13-7-6-10-18-8-4-3-5-9-18/h3-5,8-9,11-12,14-15,26H,6-7,10,13H2,1-2H3. The molecule has 0 aliphatic heterocycles. The molecule has 0 spiro atoms. The highest BCUT2D eigenvalue weighted by atomic mass is 16.5. The maximum absolute atomic E-state index is 11.9. The van der Waals surface area contributed by atoms with Gasteiger partial charge in [-0.3, -0.25) is 0 Å². The van der Waals surface area contributed by atoms with E-state index in [-0.39, 0.29) is 17.1 Å². The number of rotatable bonds is 7. The largest absolute Gasteiger partial charge is 0.507 e. The van der Waals surface area contributed by atoms with Crippen LogP contribution in [0.3, 0.4) is 0 Å². The Bertz CT molecular complexity index is 1220. The van der Waals surface area contributed by atoms with Gasteiger partial charge in [-0.25, -0.2) is 4.79 Å². The van der Waals surface area contributed by atoms with E-state index in [1.54, 1.807) is 13.0 Å². The van der Waals surface area contributed by atoms with Gasteiger partial charge in [0.25, 0.3) is 0 Å². The fraction of sp³-hybridized carbons (Fsp3) is 0.240. The molecule has 1 N–H and O–H groups in total. The Morgan fingerprint density at radius 1 is 0.933 bits per heavy atom. The zero-order valence-electron chi connectivity index (χ0n) is 17.1. The third kappa shape index (κ3) is 4.10. The SMILES string of the molecule is Cc1c(-c2cc3ccc(OCCCCc4ccccc4)cc3o2)oc(=O)c(C)c1O. The quantitative estimate of drug-likeness (QED) is 0.396. The van der Waals surface area contributed by atoms with Gasteiger partial charge in [0.15, 0.2) is 11.5 Å². The molecule has 0 unspecified atom stereocenters. The number of hydrogen-bond donors (Lipinski definition) is 1. The van der Waals surface area contributed by atoms with E-state index >= 15 is 0 Å². The van der Waals surface area contributed by atoms with Gasteiger partial charge in [-0.05, 0) is 56.9 Å². The van der Waals surface area contributed by atoms with E-state index in [4.69, 9.17) is 13.6 Å². The van der Waals surface area contributed by atoms with Crippen LogP contribution in [0.4, 0.5) is 0 Å². The zero-order chi connectivity index (χ0) is 21.1. The number of hydrogen-bond acceptors (Lipinski definition) is 5. The van der Waals surface area contributed by atoms with E-state index < -0.39 is 5.63 Å². The third-order valence-corrected chi connectivity index (χ3v) is 5.24. The smallest absolute Gasteiger partial charge is 0.343 e. The Hall–Kier alpha value is -3.47. The average Bonchev–Trinajstić information content (AvgIpc) is 3.18. The lowest BCUT2D eigenvalue weighted by molar-refractivity contribution is 0.307. The topological polar surface area (TPSA) is 72.8 Å².